The molecule has 1 aromatic heterocycles. The number of hydrogen-bond acceptors (Lipinski definition) is 4. The minimum atomic E-state index is -0.450. The number of ether oxygens (including phenoxy) is 1. The summed E-state index contributed by atoms with van der Waals surface area (Å²) in [5, 5.41) is 0. The molecule has 98 valence electrons. The first kappa shape index (κ1) is 12.8. The number of carbonyl (C=O) groups is 1. The van der Waals surface area contributed by atoms with E-state index < -0.39 is 5.91 Å². The van der Waals surface area contributed by atoms with Crippen molar-refractivity contribution in [3.63, 3.8) is 0 Å². The van der Waals surface area contributed by atoms with Crippen LogP contribution >= 0.6 is 0 Å². The molecule has 2 heterocycles. The highest BCUT2D eigenvalue weighted by molar-refractivity contribution is 5.98. The lowest BCUT2D eigenvalue weighted by molar-refractivity contribution is 0.0216. The Kier molecular flexibility index (Phi) is 4.15. The van der Waals surface area contributed by atoms with Crippen LogP contribution in [-0.2, 0) is 4.74 Å². The molecule has 1 unspecified atom stereocenters. The molecular weight excluding hydrogens is 230 g/mol. The Bertz CT molecular complexity index is 416. The van der Waals surface area contributed by atoms with Gasteiger partial charge in [0.15, 0.2) is 0 Å². The standard InChI is InChI=1S/C13H19N3O2/c1-16(9-10-4-2-3-7-18-10)12-5-6-15-8-11(12)13(14)17/h5-6,8,10H,2-4,7,9H2,1H3,(H2,14,17). The highest BCUT2D eigenvalue weighted by Gasteiger charge is 2.18. The second-order valence-corrected chi connectivity index (χ2v) is 4.63. The number of pyridine rings is 1. The third-order valence-electron chi connectivity index (χ3n) is 3.23. The molecule has 1 saturated heterocycles. The summed E-state index contributed by atoms with van der Waals surface area (Å²) in [6.45, 7) is 1.60. The van der Waals surface area contributed by atoms with E-state index in [1.54, 1.807) is 6.20 Å². The molecule has 0 radical (unpaired) electrons. The lowest BCUT2D eigenvalue weighted by atomic mass is 10.1. The number of hydrogen-bond donors (Lipinski definition) is 1. The summed E-state index contributed by atoms with van der Waals surface area (Å²) < 4.78 is 5.70. The van der Waals surface area contributed by atoms with Crippen molar-refractivity contribution >= 4 is 11.6 Å². The van der Waals surface area contributed by atoms with Gasteiger partial charge in [-0.2, -0.15) is 0 Å². The third kappa shape index (κ3) is 2.98. The Balaban J connectivity index is 2.08. The van der Waals surface area contributed by atoms with Gasteiger partial charge in [0.1, 0.15) is 0 Å². The predicted octanol–water partition coefficient (Wildman–Crippen LogP) is 1.19. The van der Waals surface area contributed by atoms with Gasteiger partial charge in [-0.25, -0.2) is 0 Å². The first-order valence-corrected chi connectivity index (χ1v) is 6.25. The number of amides is 1. The number of likely N-dealkylation sites (N-methyl/N-ethyl adjacent to an activating group) is 1. The third-order valence-corrected chi connectivity index (χ3v) is 3.23. The van der Waals surface area contributed by atoms with Gasteiger partial charge in [0.05, 0.1) is 17.4 Å². The maximum atomic E-state index is 11.3. The van der Waals surface area contributed by atoms with Crippen molar-refractivity contribution in [2.45, 2.75) is 25.4 Å². The van der Waals surface area contributed by atoms with Gasteiger partial charge in [-0.15, -0.1) is 0 Å². The van der Waals surface area contributed by atoms with Crippen LogP contribution in [-0.4, -0.2) is 37.2 Å². The van der Waals surface area contributed by atoms with Gasteiger partial charge in [-0.3, -0.25) is 9.78 Å². The number of aromatic nitrogens is 1. The molecule has 5 heteroatoms. The molecule has 18 heavy (non-hydrogen) atoms. The van der Waals surface area contributed by atoms with Gasteiger partial charge < -0.3 is 15.4 Å². The Morgan fingerprint density at radius 3 is 3.11 bits per heavy atom. The number of anilines is 1. The van der Waals surface area contributed by atoms with E-state index in [0.29, 0.717) is 5.56 Å². The van der Waals surface area contributed by atoms with E-state index >= 15 is 0 Å². The van der Waals surface area contributed by atoms with Crippen molar-refractivity contribution in [2.24, 2.45) is 5.73 Å². The highest BCUT2D eigenvalue weighted by atomic mass is 16.5. The summed E-state index contributed by atoms with van der Waals surface area (Å²) >= 11 is 0. The van der Waals surface area contributed by atoms with Gasteiger partial charge in [0.25, 0.3) is 5.91 Å². The van der Waals surface area contributed by atoms with Crippen molar-refractivity contribution in [1.29, 1.82) is 0 Å². The second kappa shape index (κ2) is 5.82. The summed E-state index contributed by atoms with van der Waals surface area (Å²) in [7, 11) is 1.94. The van der Waals surface area contributed by atoms with E-state index in [1.165, 1.54) is 12.6 Å². The lowest BCUT2D eigenvalue weighted by Gasteiger charge is -2.29. The van der Waals surface area contributed by atoms with E-state index in [9.17, 15) is 4.79 Å². The molecule has 2 N–H and O–H groups in total. The molecule has 0 spiro atoms. The van der Waals surface area contributed by atoms with E-state index in [0.717, 1.165) is 31.7 Å². The molecule has 0 aromatic carbocycles. The lowest BCUT2D eigenvalue weighted by Crippen LogP contribution is -2.34. The normalized spacial score (nSPS) is 19.5. The number of rotatable bonds is 4. The van der Waals surface area contributed by atoms with Crippen molar-refractivity contribution < 1.29 is 9.53 Å². The van der Waals surface area contributed by atoms with Crippen LogP contribution in [0.1, 0.15) is 29.6 Å². The van der Waals surface area contributed by atoms with Gasteiger partial charge in [0, 0.05) is 32.6 Å². The smallest absolute Gasteiger partial charge is 0.252 e. The first-order chi connectivity index (χ1) is 8.68. The highest BCUT2D eigenvalue weighted by Crippen LogP contribution is 2.20. The number of nitrogens with zero attached hydrogens (tertiary/aromatic N) is 2. The largest absolute Gasteiger partial charge is 0.376 e. The van der Waals surface area contributed by atoms with E-state index in [2.05, 4.69) is 4.98 Å². The minimum absolute atomic E-state index is 0.234. The molecule has 1 amide bonds. The fourth-order valence-electron chi connectivity index (χ4n) is 2.27. The maximum absolute atomic E-state index is 11.3. The van der Waals surface area contributed by atoms with Crippen LogP contribution in [0.3, 0.4) is 0 Å². The average molecular weight is 249 g/mol. The summed E-state index contributed by atoms with van der Waals surface area (Å²) in [6, 6.07) is 1.81. The Hall–Kier alpha value is -1.62. The monoisotopic (exact) mass is 249 g/mol. The molecule has 1 aliphatic rings. The van der Waals surface area contributed by atoms with Crippen LogP contribution in [0.15, 0.2) is 18.5 Å². The quantitative estimate of drug-likeness (QED) is 0.870. The molecule has 1 fully saturated rings. The molecule has 5 nitrogen and oxygen atoms in total. The van der Waals surface area contributed by atoms with Crippen molar-refractivity contribution in [3.8, 4) is 0 Å². The Labute approximate surface area is 107 Å². The van der Waals surface area contributed by atoms with Crippen molar-refractivity contribution in [1.82, 2.24) is 4.98 Å². The molecule has 0 bridgehead atoms. The van der Waals surface area contributed by atoms with Crippen LogP contribution in [0.4, 0.5) is 5.69 Å². The van der Waals surface area contributed by atoms with Crippen LogP contribution in [0, 0.1) is 0 Å². The van der Waals surface area contributed by atoms with Crippen LogP contribution in [0.2, 0.25) is 0 Å². The maximum Gasteiger partial charge on any atom is 0.252 e. The SMILES string of the molecule is CN(CC1CCCCO1)c1ccncc1C(N)=O. The van der Waals surface area contributed by atoms with Crippen LogP contribution in [0.5, 0.6) is 0 Å². The van der Waals surface area contributed by atoms with Gasteiger partial charge >= 0.3 is 0 Å². The minimum Gasteiger partial charge on any atom is -0.376 e. The molecule has 1 aromatic rings. The van der Waals surface area contributed by atoms with Crippen LogP contribution < -0.4 is 10.6 Å². The Morgan fingerprint density at radius 1 is 1.61 bits per heavy atom. The molecule has 1 atom stereocenters. The van der Waals surface area contributed by atoms with Crippen molar-refractivity contribution in [2.75, 3.05) is 25.1 Å². The summed E-state index contributed by atoms with van der Waals surface area (Å²) in [5.74, 6) is -0.450. The molecule has 2 rings (SSSR count). The first-order valence-electron chi connectivity index (χ1n) is 6.25. The molecule has 1 aliphatic heterocycles. The Morgan fingerprint density at radius 2 is 2.44 bits per heavy atom. The molecule has 0 saturated carbocycles. The number of nitrogens with two attached hydrogens (primary N) is 1. The number of carbonyl (C=O) groups excluding carboxylic acids is 1. The fourth-order valence-corrected chi connectivity index (χ4v) is 2.27. The summed E-state index contributed by atoms with van der Waals surface area (Å²) in [4.78, 5) is 17.3. The predicted molar refractivity (Wildman–Crippen MR) is 69.6 cm³/mol. The number of primary amides is 1. The van der Waals surface area contributed by atoms with Crippen LogP contribution in [0.25, 0.3) is 0 Å². The molecular formula is C13H19N3O2. The van der Waals surface area contributed by atoms with Crippen molar-refractivity contribution in [3.05, 3.63) is 24.0 Å². The zero-order chi connectivity index (χ0) is 13.0. The van der Waals surface area contributed by atoms with E-state index in [4.69, 9.17) is 10.5 Å². The van der Waals surface area contributed by atoms with Gasteiger partial charge in [0.2, 0.25) is 0 Å². The van der Waals surface area contributed by atoms with E-state index in [1.807, 2.05) is 18.0 Å². The zero-order valence-corrected chi connectivity index (χ0v) is 10.6. The average Bonchev–Trinajstić information content (AvgIpc) is 2.40. The topological polar surface area (TPSA) is 68.4 Å². The summed E-state index contributed by atoms with van der Waals surface area (Å²) in [6.07, 6.45) is 6.83. The van der Waals surface area contributed by atoms with Gasteiger partial charge in [-0.05, 0) is 25.3 Å². The second-order valence-electron chi connectivity index (χ2n) is 4.63. The summed E-state index contributed by atoms with van der Waals surface area (Å²) in [5.41, 5.74) is 6.61. The fraction of sp³-hybridized carbons (Fsp3) is 0.538. The molecule has 0 aliphatic carbocycles. The van der Waals surface area contributed by atoms with E-state index in [-0.39, 0.29) is 6.10 Å². The zero-order valence-electron chi connectivity index (χ0n) is 10.6. The van der Waals surface area contributed by atoms with Gasteiger partial charge in [-0.1, -0.05) is 0 Å².